The summed E-state index contributed by atoms with van der Waals surface area (Å²) in [5.41, 5.74) is 2.56. The van der Waals surface area contributed by atoms with E-state index in [-0.39, 0.29) is 29.9 Å². The fourth-order valence-electron chi connectivity index (χ4n) is 2.71. The van der Waals surface area contributed by atoms with E-state index in [2.05, 4.69) is 15.6 Å². The Morgan fingerprint density at radius 2 is 1.81 bits per heavy atom. The molecule has 8 heteroatoms. The second-order valence-electron chi connectivity index (χ2n) is 6.54. The fourth-order valence-corrected chi connectivity index (χ4v) is 2.71. The molecule has 0 bridgehead atoms. The quantitative estimate of drug-likeness (QED) is 0.148. The van der Waals surface area contributed by atoms with Crippen molar-refractivity contribution < 1.29 is 19.0 Å². The van der Waals surface area contributed by atoms with Gasteiger partial charge in [-0.2, -0.15) is 0 Å². The van der Waals surface area contributed by atoms with Crippen molar-refractivity contribution >= 4 is 35.9 Å². The Morgan fingerprint density at radius 1 is 1.03 bits per heavy atom. The standard InChI is InChI=1S/C23H31N3O4.HI/c1-4-30-14-6-13-24-23(25-16-18-9-11-21(28-2)12-10-18)26-17-19-7-5-8-20(15-19)22(27)29-3;/h5,7-12,15H,4,6,13-14,16-17H2,1-3H3,(H2,24,25,26);1H. The Balaban J connectivity index is 0.00000480. The van der Waals surface area contributed by atoms with Gasteiger partial charge < -0.3 is 24.8 Å². The van der Waals surface area contributed by atoms with Gasteiger partial charge in [0, 0.05) is 26.3 Å². The molecule has 31 heavy (non-hydrogen) atoms. The molecule has 0 spiro atoms. The molecule has 0 unspecified atom stereocenters. The molecule has 2 aromatic carbocycles. The lowest BCUT2D eigenvalue weighted by molar-refractivity contribution is 0.0600. The Hall–Kier alpha value is -2.33. The number of esters is 1. The Bertz CT molecular complexity index is 813. The van der Waals surface area contributed by atoms with Gasteiger partial charge in [-0.3, -0.25) is 0 Å². The largest absolute Gasteiger partial charge is 0.497 e. The maximum Gasteiger partial charge on any atom is 0.337 e. The molecule has 0 heterocycles. The lowest BCUT2D eigenvalue weighted by atomic mass is 10.1. The highest BCUT2D eigenvalue weighted by atomic mass is 127. The van der Waals surface area contributed by atoms with Crippen LogP contribution in [0.25, 0.3) is 0 Å². The number of methoxy groups -OCH3 is 2. The van der Waals surface area contributed by atoms with Crippen molar-refractivity contribution in [1.29, 1.82) is 0 Å². The first-order valence-corrected chi connectivity index (χ1v) is 10.1. The molecule has 0 aliphatic rings. The van der Waals surface area contributed by atoms with Gasteiger partial charge in [0.25, 0.3) is 0 Å². The number of aliphatic imine (C=N–C) groups is 1. The summed E-state index contributed by atoms with van der Waals surface area (Å²) in [5.74, 6) is 1.17. The molecular formula is C23H32IN3O4. The molecule has 170 valence electrons. The predicted molar refractivity (Wildman–Crippen MR) is 133 cm³/mol. The van der Waals surface area contributed by atoms with Crippen molar-refractivity contribution in [2.75, 3.05) is 34.0 Å². The molecule has 0 aliphatic heterocycles. The molecule has 0 aromatic heterocycles. The Morgan fingerprint density at radius 3 is 2.48 bits per heavy atom. The summed E-state index contributed by atoms with van der Waals surface area (Å²) in [6.07, 6.45) is 0.884. The molecule has 0 amide bonds. The third-order valence-corrected chi connectivity index (χ3v) is 4.35. The van der Waals surface area contributed by atoms with Crippen molar-refractivity contribution in [2.45, 2.75) is 26.4 Å². The number of nitrogens with zero attached hydrogens (tertiary/aromatic N) is 1. The van der Waals surface area contributed by atoms with Crippen LogP contribution in [0.5, 0.6) is 5.75 Å². The van der Waals surface area contributed by atoms with Gasteiger partial charge in [0.1, 0.15) is 5.75 Å². The van der Waals surface area contributed by atoms with Gasteiger partial charge in [-0.05, 0) is 48.7 Å². The number of nitrogens with one attached hydrogen (secondary N) is 2. The summed E-state index contributed by atoms with van der Waals surface area (Å²) < 4.78 is 15.4. The zero-order valence-electron chi connectivity index (χ0n) is 18.3. The first-order chi connectivity index (χ1) is 14.7. The van der Waals surface area contributed by atoms with Crippen LogP contribution in [-0.2, 0) is 22.6 Å². The molecule has 0 radical (unpaired) electrons. The lowest BCUT2D eigenvalue weighted by Gasteiger charge is -2.13. The highest BCUT2D eigenvalue weighted by Crippen LogP contribution is 2.11. The molecule has 0 saturated heterocycles. The minimum Gasteiger partial charge on any atom is -0.497 e. The zero-order chi connectivity index (χ0) is 21.6. The van der Waals surface area contributed by atoms with E-state index in [9.17, 15) is 4.79 Å². The summed E-state index contributed by atoms with van der Waals surface area (Å²) in [6.45, 7) is 5.22. The van der Waals surface area contributed by atoms with Crippen LogP contribution in [0.3, 0.4) is 0 Å². The van der Waals surface area contributed by atoms with E-state index in [1.54, 1.807) is 19.2 Å². The Labute approximate surface area is 201 Å². The molecular weight excluding hydrogens is 509 g/mol. The van der Waals surface area contributed by atoms with E-state index in [1.807, 2.05) is 43.3 Å². The summed E-state index contributed by atoms with van der Waals surface area (Å²) in [7, 11) is 3.03. The molecule has 0 atom stereocenters. The van der Waals surface area contributed by atoms with Crippen molar-refractivity contribution in [2.24, 2.45) is 4.99 Å². The fraction of sp³-hybridized carbons (Fsp3) is 0.391. The van der Waals surface area contributed by atoms with Crippen LogP contribution in [-0.4, -0.2) is 45.9 Å². The molecule has 2 N–H and O–H groups in total. The summed E-state index contributed by atoms with van der Waals surface area (Å²) in [4.78, 5) is 16.4. The van der Waals surface area contributed by atoms with Crippen LogP contribution in [0.2, 0.25) is 0 Å². The molecule has 2 aromatic rings. The molecule has 7 nitrogen and oxygen atoms in total. The summed E-state index contributed by atoms with van der Waals surface area (Å²) in [5, 5.41) is 6.68. The lowest BCUT2D eigenvalue weighted by Crippen LogP contribution is -2.37. The minimum atomic E-state index is -0.354. The van der Waals surface area contributed by atoms with Gasteiger partial charge in [0.05, 0.1) is 26.3 Å². The van der Waals surface area contributed by atoms with Crippen LogP contribution >= 0.6 is 24.0 Å². The average molecular weight is 541 g/mol. The van der Waals surface area contributed by atoms with E-state index in [0.29, 0.717) is 37.8 Å². The van der Waals surface area contributed by atoms with Crippen molar-refractivity contribution in [3.05, 3.63) is 65.2 Å². The first-order valence-electron chi connectivity index (χ1n) is 10.1. The predicted octanol–water partition coefficient (Wildman–Crippen LogP) is 3.76. The number of hydrogen-bond acceptors (Lipinski definition) is 5. The third-order valence-electron chi connectivity index (χ3n) is 4.35. The first kappa shape index (κ1) is 26.7. The van der Waals surface area contributed by atoms with E-state index >= 15 is 0 Å². The van der Waals surface area contributed by atoms with E-state index in [1.165, 1.54) is 7.11 Å². The van der Waals surface area contributed by atoms with E-state index in [0.717, 1.165) is 29.8 Å². The molecule has 0 saturated carbocycles. The van der Waals surface area contributed by atoms with Gasteiger partial charge in [-0.1, -0.05) is 24.3 Å². The van der Waals surface area contributed by atoms with Gasteiger partial charge >= 0.3 is 5.97 Å². The number of hydrogen-bond donors (Lipinski definition) is 2. The SMILES string of the molecule is CCOCCCNC(=NCc1cccc(C(=O)OC)c1)NCc1ccc(OC)cc1.I. The van der Waals surface area contributed by atoms with E-state index in [4.69, 9.17) is 14.2 Å². The van der Waals surface area contributed by atoms with Crippen LogP contribution in [0.15, 0.2) is 53.5 Å². The van der Waals surface area contributed by atoms with Crippen molar-refractivity contribution in [3.63, 3.8) is 0 Å². The monoisotopic (exact) mass is 541 g/mol. The third kappa shape index (κ3) is 10.0. The molecule has 0 fully saturated rings. The maximum atomic E-state index is 11.7. The van der Waals surface area contributed by atoms with Gasteiger partial charge in [-0.25, -0.2) is 9.79 Å². The number of carbonyl (C=O) groups excluding carboxylic acids is 1. The zero-order valence-corrected chi connectivity index (χ0v) is 20.7. The maximum absolute atomic E-state index is 11.7. The number of benzene rings is 2. The molecule has 0 aliphatic carbocycles. The van der Waals surface area contributed by atoms with Gasteiger partial charge in [0.2, 0.25) is 0 Å². The van der Waals surface area contributed by atoms with Crippen LogP contribution in [0.4, 0.5) is 0 Å². The second-order valence-corrected chi connectivity index (χ2v) is 6.54. The highest BCUT2D eigenvalue weighted by Gasteiger charge is 2.06. The number of rotatable bonds is 11. The van der Waals surface area contributed by atoms with Crippen molar-refractivity contribution in [1.82, 2.24) is 10.6 Å². The van der Waals surface area contributed by atoms with Crippen LogP contribution in [0.1, 0.15) is 34.8 Å². The van der Waals surface area contributed by atoms with Crippen molar-refractivity contribution in [3.8, 4) is 5.75 Å². The Kier molecular flexibility index (Phi) is 13.3. The van der Waals surface area contributed by atoms with Crippen LogP contribution in [0, 0.1) is 0 Å². The van der Waals surface area contributed by atoms with Gasteiger partial charge in [-0.15, -0.1) is 24.0 Å². The minimum absolute atomic E-state index is 0. The second kappa shape index (κ2) is 15.5. The van der Waals surface area contributed by atoms with E-state index < -0.39 is 0 Å². The van der Waals surface area contributed by atoms with Gasteiger partial charge in [0.15, 0.2) is 5.96 Å². The summed E-state index contributed by atoms with van der Waals surface area (Å²) >= 11 is 0. The molecule has 2 rings (SSSR count). The number of guanidine groups is 1. The number of halogens is 1. The topological polar surface area (TPSA) is 81.2 Å². The number of carbonyl (C=O) groups is 1. The average Bonchev–Trinajstić information content (AvgIpc) is 2.80. The summed E-state index contributed by atoms with van der Waals surface area (Å²) in [6, 6.07) is 15.2. The smallest absolute Gasteiger partial charge is 0.337 e. The van der Waals surface area contributed by atoms with Crippen LogP contribution < -0.4 is 15.4 Å². The number of ether oxygens (including phenoxy) is 3. The highest BCUT2D eigenvalue weighted by molar-refractivity contribution is 14.0. The normalized spacial score (nSPS) is 10.7.